The molecule has 0 atom stereocenters. The number of hydrogen-bond acceptors (Lipinski definition) is 6. The highest BCUT2D eigenvalue weighted by Crippen LogP contribution is 2.21. The summed E-state index contributed by atoms with van der Waals surface area (Å²) >= 11 is 3.39. The summed E-state index contributed by atoms with van der Waals surface area (Å²) in [5.74, 6) is 0.893. The minimum atomic E-state index is -0.305. The molecule has 0 aliphatic heterocycles. The Kier molecular flexibility index (Phi) is 5.04. The maximum absolute atomic E-state index is 11.4. The normalized spacial score (nSPS) is 10.8. The van der Waals surface area contributed by atoms with Crippen molar-refractivity contribution in [3.8, 4) is 5.75 Å². The van der Waals surface area contributed by atoms with Gasteiger partial charge in [-0.3, -0.25) is 9.78 Å². The molecule has 0 bridgehead atoms. The number of anilines is 1. The molecule has 0 aliphatic rings. The summed E-state index contributed by atoms with van der Waals surface area (Å²) in [6.07, 6.45) is 1.58. The van der Waals surface area contributed by atoms with Crippen LogP contribution in [0.1, 0.15) is 18.2 Å². The fraction of sp³-hybridized carbons (Fsp3) is 0.231. The predicted octanol–water partition coefficient (Wildman–Crippen LogP) is 2.08. The number of hydrazone groups is 1. The van der Waals surface area contributed by atoms with E-state index in [0.29, 0.717) is 12.3 Å². The van der Waals surface area contributed by atoms with E-state index in [9.17, 15) is 4.79 Å². The molecule has 8 heteroatoms. The van der Waals surface area contributed by atoms with Crippen LogP contribution in [-0.4, -0.2) is 28.0 Å². The molecule has 0 saturated carbocycles. The Morgan fingerprint density at radius 3 is 3.00 bits per heavy atom. The van der Waals surface area contributed by atoms with Crippen molar-refractivity contribution in [2.75, 3.05) is 12.0 Å². The Balaban J connectivity index is 2.15. The SMILES string of the molecule is CCOc1ccc(Br)cc1/C=N/Nc1nnc(C)c(=O)[nH]1. The number of rotatable bonds is 5. The molecule has 1 heterocycles. The Morgan fingerprint density at radius 1 is 1.48 bits per heavy atom. The molecule has 1 aromatic carbocycles. The Labute approximate surface area is 129 Å². The van der Waals surface area contributed by atoms with Gasteiger partial charge in [-0.2, -0.15) is 5.10 Å². The van der Waals surface area contributed by atoms with Crippen molar-refractivity contribution in [1.29, 1.82) is 0 Å². The van der Waals surface area contributed by atoms with Crippen molar-refractivity contribution in [2.45, 2.75) is 13.8 Å². The van der Waals surface area contributed by atoms with E-state index in [4.69, 9.17) is 4.74 Å². The third-order valence-corrected chi connectivity index (χ3v) is 3.00. The fourth-order valence-corrected chi connectivity index (χ4v) is 1.89. The number of H-pyrrole nitrogens is 1. The zero-order valence-electron chi connectivity index (χ0n) is 11.6. The van der Waals surface area contributed by atoms with Gasteiger partial charge in [0.15, 0.2) is 0 Å². The van der Waals surface area contributed by atoms with Crippen molar-refractivity contribution < 1.29 is 4.74 Å². The van der Waals surface area contributed by atoms with Gasteiger partial charge in [-0.15, -0.1) is 10.2 Å². The molecule has 21 heavy (non-hydrogen) atoms. The molecular formula is C13H14BrN5O2. The van der Waals surface area contributed by atoms with E-state index in [1.54, 1.807) is 13.1 Å². The number of nitrogens with zero attached hydrogens (tertiary/aromatic N) is 3. The molecule has 0 aliphatic carbocycles. The van der Waals surface area contributed by atoms with Gasteiger partial charge in [0.2, 0.25) is 5.95 Å². The molecule has 7 nitrogen and oxygen atoms in total. The summed E-state index contributed by atoms with van der Waals surface area (Å²) < 4.78 is 6.42. The summed E-state index contributed by atoms with van der Waals surface area (Å²) in [7, 11) is 0. The first-order chi connectivity index (χ1) is 10.1. The van der Waals surface area contributed by atoms with Crippen LogP contribution in [0.15, 0.2) is 32.6 Å². The third kappa shape index (κ3) is 4.12. The minimum absolute atomic E-state index is 0.176. The van der Waals surface area contributed by atoms with Crippen LogP contribution in [-0.2, 0) is 0 Å². The van der Waals surface area contributed by atoms with E-state index < -0.39 is 0 Å². The number of aryl methyl sites for hydroxylation is 1. The van der Waals surface area contributed by atoms with E-state index >= 15 is 0 Å². The number of ether oxygens (including phenoxy) is 1. The van der Waals surface area contributed by atoms with Crippen molar-refractivity contribution in [2.24, 2.45) is 5.10 Å². The summed E-state index contributed by atoms with van der Waals surface area (Å²) in [5, 5.41) is 11.5. The average molecular weight is 352 g/mol. The van der Waals surface area contributed by atoms with Gasteiger partial charge in [0.05, 0.1) is 12.8 Å². The van der Waals surface area contributed by atoms with Crippen molar-refractivity contribution >= 4 is 28.1 Å². The van der Waals surface area contributed by atoms with Crippen LogP contribution in [0.5, 0.6) is 5.75 Å². The lowest BCUT2D eigenvalue weighted by atomic mass is 10.2. The van der Waals surface area contributed by atoms with Crippen LogP contribution in [0, 0.1) is 6.92 Å². The molecule has 2 N–H and O–H groups in total. The Hall–Kier alpha value is -2.22. The molecule has 0 saturated heterocycles. The largest absolute Gasteiger partial charge is 0.493 e. The monoisotopic (exact) mass is 351 g/mol. The highest BCUT2D eigenvalue weighted by atomic mass is 79.9. The van der Waals surface area contributed by atoms with Gasteiger partial charge < -0.3 is 4.74 Å². The summed E-state index contributed by atoms with van der Waals surface area (Å²) in [6, 6.07) is 5.61. The van der Waals surface area contributed by atoms with Gasteiger partial charge in [0.25, 0.3) is 5.56 Å². The zero-order chi connectivity index (χ0) is 15.2. The average Bonchev–Trinajstić information content (AvgIpc) is 2.46. The molecule has 110 valence electrons. The second-order valence-electron chi connectivity index (χ2n) is 4.07. The van der Waals surface area contributed by atoms with Crippen LogP contribution in [0.2, 0.25) is 0 Å². The van der Waals surface area contributed by atoms with E-state index in [-0.39, 0.29) is 11.5 Å². The highest BCUT2D eigenvalue weighted by Gasteiger charge is 2.02. The van der Waals surface area contributed by atoms with Crippen LogP contribution in [0.4, 0.5) is 5.95 Å². The molecule has 0 radical (unpaired) electrons. The number of halogens is 1. The standard InChI is InChI=1S/C13H14BrN5O2/c1-3-21-11-5-4-10(14)6-9(11)7-15-18-13-16-12(20)8(2)17-19-13/h4-7H,3H2,1-2H3,(H2,16,18,19,20)/b15-7+. The van der Waals surface area contributed by atoms with Crippen molar-refractivity contribution in [3.63, 3.8) is 0 Å². The molecule has 0 amide bonds. The molecule has 2 aromatic rings. The van der Waals surface area contributed by atoms with Gasteiger partial charge >= 0.3 is 0 Å². The van der Waals surface area contributed by atoms with Crippen LogP contribution in [0.3, 0.4) is 0 Å². The molecule has 2 rings (SSSR count). The topological polar surface area (TPSA) is 92.3 Å². The second kappa shape index (κ2) is 6.98. The Morgan fingerprint density at radius 2 is 2.29 bits per heavy atom. The molecular weight excluding hydrogens is 338 g/mol. The third-order valence-electron chi connectivity index (χ3n) is 2.51. The molecule has 0 spiro atoms. The van der Waals surface area contributed by atoms with Crippen LogP contribution < -0.4 is 15.7 Å². The number of aromatic amines is 1. The van der Waals surface area contributed by atoms with Crippen molar-refractivity contribution in [3.05, 3.63) is 44.3 Å². The number of hydrogen-bond donors (Lipinski definition) is 2. The predicted molar refractivity (Wildman–Crippen MR) is 83.9 cm³/mol. The zero-order valence-corrected chi connectivity index (χ0v) is 13.1. The lowest BCUT2D eigenvalue weighted by Crippen LogP contribution is -2.15. The van der Waals surface area contributed by atoms with Gasteiger partial charge in [0, 0.05) is 10.0 Å². The second-order valence-corrected chi connectivity index (χ2v) is 4.99. The number of aromatic nitrogens is 3. The highest BCUT2D eigenvalue weighted by molar-refractivity contribution is 9.10. The maximum Gasteiger partial charge on any atom is 0.274 e. The smallest absolute Gasteiger partial charge is 0.274 e. The fourth-order valence-electron chi connectivity index (χ4n) is 1.51. The quantitative estimate of drug-likeness (QED) is 0.635. The van der Waals surface area contributed by atoms with Crippen LogP contribution in [0.25, 0.3) is 0 Å². The van der Waals surface area contributed by atoms with E-state index in [1.165, 1.54) is 0 Å². The lowest BCUT2D eigenvalue weighted by molar-refractivity contribution is 0.339. The maximum atomic E-state index is 11.4. The number of benzene rings is 1. The van der Waals surface area contributed by atoms with Crippen molar-refractivity contribution in [1.82, 2.24) is 15.2 Å². The molecule has 0 unspecified atom stereocenters. The van der Waals surface area contributed by atoms with Gasteiger partial charge in [0.1, 0.15) is 11.4 Å². The minimum Gasteiger partial charge on any atom is -0.493 e. The van der Waals surface area contributed by atoms with E-state index in [1.807, 2.05) is 25.1 Å². The van der Waals surface area contributed by atoms with Gasteiger partial charge in [-0.25, -0.2) is 5.43 Å². The summed E-state index contributed by atoms with van der Waals surface area (Å²) in [4.78, 5) is 13.9. The summed E-state index contributed by atoms with van der Waals surface area (Å²) in [5.41, 5.74) is 3.41. The molecule has 1 aromatic heterocycles. The van der Waals surface area contributed by atoms with Gasteiger partial charge in [-0.05, 0) is 32.0 Å². The van der Waals surface area contributed by atoms with Gasteiger partial charge in [-0.1, -0.05) is 15.9 Å². The first-order valence-electron chi connectivity index (χ1n) is 6.25. The summed E-state index contributed by atoms with van der Waals surface area (Å²) in [6.45, 7) is 4.05. The molecule has 0 fully saturated rings. The number of nitrogens with one attached hydrogen (secondary N) is 2. The van der Waals surface area contributed by atoms with E-state index in [2.05, 4.69) is 41.6 Å². The first kappa shape index (κ1) is 15.2. The Bertz CT molecular complexity index is 714. The first-order valence-corrected chi connectivity index (χ1v) is 7.04. The lowest BCUT2D eigenvalue weighted by Gasteiger charge is -2.07. The van der Waals surface area contributed by atoms with E-state index in [0.717, 1.165) is 15.8 Å². The van der Waals surface area contributed by atoms with Crippen LogP contribution >= 0.6 is 15.9 Å².